The predicted octanol–water partition coefficient (Wildman–Crippen LogP) is 18.5. The van der Waals surface area contributed by atoms with Crippen LogP contribution < -0.4 is 42.3 Å². The molecule has 0 amide bonds. The summed E-state index contributed by atoms with van der Waals surface area (Å²) in [5.41, 5.74) is 19.9. The Morgan fingerprint density at radius 2 is 0.726 bits per heavy atom. The van der Waals surface area contributed by atoms with Crippen LogP contribution in [0.5, 0.6) is 23.0 Å². The van der Waals surface area contributed by atoms with Gasteiger partial charge in [0.15, 0.2) is 0 Å². The van der Waals surface area contributed by atoms with Crippen molar-refractivity contribution in [1.29, 1.82) is 0 Å². The van der Waals surface area contributed by atoms with Crippen molar-refractivity contribution in [2.45, 2.75) is 145 Å². The maximum absolute atomic E-state index is 15.7. The maximum atomic E-state index is 15.7. The molecule has 10 aromatic rings. The van der Waals surface area contributed by atoms with Crippen molar-refractivity contribution in [1.82, 2.24) is 0 Å². The topological polar surface area (TPSA) is 18.5 Å². The number of fused-ring (bicyclic) bond motifs is 8. The first-order chi connectivity index (χ1) is 39.7. The van der Waals surface area contributed by atoms with E-state index in [1.807, 2.05) is 0 Å². The van der Waals surface area contributed by atoms with E-state index < -0.39 is 30.2 Å². The van der Waals surface area contributed by atoms with Crippen LogP contribution in [0.25, 0.3) is 76.8 Å². The molecular weight excluding hydrogens is 1060 g/mol. The van der Waals surface area contributed by atoms with E-state index in [4.69, 9.17) is 9.47 Å². The van der Waals surface area contributed by atoms with Gasteiger partial charge in [0.2, 0.25) is 0 Å². The van der Waals surface area contributed by atoms with Gasteiger partial charge in [0.05, 0.1) is 11.1 Å². The summed E-state index contributed by atoms with van der Waals surface area (Å²) in [7, 11) is 0. The molecule has 10 heteroatoms. The molecule has 10 aromatic carbocycles. The Morgan fingerprint density at radius 1 is 0.333 bits per heavy atom. The molecule has 4 heterocycles. The van der Waals surface area contributed by atoms with Crippen LogP contribution in [0.3, 0.4) is 0 Å². The van der Waals surface area contributed by atoms with Crippen molar-refractivity contribution in [3.05, 3.63) is 165 Å². The molecule has 0 spiro atoms. The van der Waals surface area contributed by atoms with Gasteiger partial charge in [-0.05, 0) is 235 Å². The van der Waals surface area contributed by atoms with Gasteiger partial charge >= 0.3 is 12.4 Å². The number of aryl methyl sites for hydroxylation is 2. The average Bonchev–Trinajstić information content (AvgIpc) is 0.724. The molecule has 2 nitrogen and oxygen atoms in total. The predicted molar refractivity (Wildman–Crippen MR) is 338 cm³/mol. The van der Waals surface area contributed by atoms with Crippen LogP contribution in [0.4, 0.5) is 26.3 Å². The first-order valence-electron chi connectivity index (χ1n) is 30.0. The molecule has 84 heavy (non-hydrogen) atoms. The molecule has 0 bridgehead atoms. The third-order valence-electron chi connectivity index (χ3n) is 19.1. The van der Waals surface area contributed by atoms with Gasteiger partial charge in [-0.2, -0.15) is 26.3 Å². The summed E-state index contributed by atoms with van der Waals surface area (Å²) in [6, 6.07) is 35.5. The highest BCUT2D eigenvalue weighted by Crippen LogP contribution is 2.55. The van der Waals surface area contributed by atoms with E-state index in [1.165, 1.54) is 34.4 Å². The second kappa shape index (κ2) is 18.5. The fraction of sp³-hybridized carbons (Fsp3) is 0.297. The van der Waals surface area contributed by atoms with E-state index in [0.29, 0.717) is 22.1 Å². The van der Waals surface area contributed by atoms with E-state index in [9.17, 15) is 13.2 Å². The number of ether oxygens (including phenoxy) is 2. The Balaban J connectivity index is 1.29. The number of hydrogen-bond donors (Lipinski definition) is 0. The third-order valence-corrected chi connectivity index (χ3v) is 19.1. The summed E-state index contributed by atoms with van der Waals surface area (Å²) in [4.78, 5) is 0. The number of hydrogen-bond acceptors (Lipinski definition) is 2. The maximum Gasteiger partial charge on any atom is 0.416 e. The molecule has 0 N–H and O–H groups in total. The van der Waals surface area contributed by atoms with Crippen LogP contribution in [0.2, 0.25) is 0 Å². The van der Waals surface area contributed by atoms with Crippen molar-refractivity contribution < 1.29 is 35.8 Å². The van der Waals surface area contributed by atoms with Crippen LogP contribution >= 0.6 is 0 Å². The fourth-order valence-electron chi connectivity index (χ4n) is 15.1. The molecule has 4 aliphatic heterocycles. The van der Waals surface area contributed by atoms with E-state index in [1.54, 1.807) is 0 Å². The number of rotatable bonds is 8. The van der Waals surface area contributed by atoms with Crippen LogP contribution in [0.15, 0.2) is 109 Å². The highest BCUT2D eigenvalue weighted by molar-refractivity contribution is 7.01. The van der Waals surface area contributed by atoms with Crippen LogP contribution in [0, 0.1) is 13.8 Å². The molecule has 0 atom stereocenters. The Kier molecular flexibility index (Phi) is 12.0. The van der Waals surface area contributed by atoms with Gasteiger partial charge in [-0.1, -0.05) is 161 Å². The number of benzene rings is 10. The normalized spacial score (nSPS) is 14.0. The van der Waals surface area contributed by atoms with Crippen molar-refractivity contribution in [2.24, 2.45) is 0 Å². The van der Waals surface area contributed by atoms with E-state index in [0.717, 1.165) is 140 Å². The Morgan fingerprint density at radius 3 is 1.15 bits per heavy atom. The molecule has 422 valence electrons. The van der Waals surface area contributed by atoms with Gasteiger partial charge in [0, 0.05) is 0 Å². The van der Waals surface area contributed by atoms with E-state index >= 15 is 13.2 Å². The van der Waals surface area contributed by atoms with Gasteiger partial charge in [-0.25, -0.2) is 0 Å². The molecule has 0 aromatic heterocycles. The van der Waals surface area contributed by atoms with Crippen molar-refractivity contribution in [2.75, 3.05) is 0 Å². The Bertz CT molecular complexity index is 4460. The zero-order chi connectivity index (χ0) is 59.4. The highest BCUT2D eigenvalue weighted by Gasteiger charge is 2.47. The minimum atomic E-state index is -4.82. The molecule has 4 aliphatic rings. The summed E-state index contributed by atoms with van der Waals surface area (Å²) in [5.74, 6) is 2.19. The lowest BCUT2D eigenvalue weighted by molar-refractivity contribution is -0.138. The molecule has 0 saturated carbocycles. The summed E-state index contributed by atoms with van der Waals surface area (Å²) in [6.45, 7) is 30.0. The molecule has 0 unspecified atom stereocenters. The minimum absolute atomic E-state index is 0.0522. The molecular formula is C74H66B2F6O2. The molecule has 0 saturated heterocycles. The van der Waals surface area contributed by atoms with Gasteiger partial charge in [-0.3, -0.25) is 0 Å². The summed E-state index contributed by atoms with van der Waals surface area (Å²) < 4.78 is 105. The standard InChI is InChI=1S/C74H66B2F6O2/c1-33(2)41-22-45(35(5)6)65(46(23-41)36(7)8)49-29-51-55-19-40(14)21-63-71(55)75(57-17-15-39(13)20-61(57)83-63)59-31-54-50(66-47(37(9)10)24-42(34(3)4)25-48(66)38(11)12)30-52-56-26-44(74(80,81)82)28-64-72(56)76(58-18-16-43(73(77,78)79)27-62(58)84-64)60-32-53(49)69(67(51)59)70(54)68(52)60/h15-38H,1-14H3. The second-order valence-corrected chi connectivity index (χ2v) is 26.6. The first-order valence-corrected chi connectivity index (χ1v) is 30.0. The first kappa shape index (κ1) is 54.5. The molecule has 0 aliphatic carbocycles. The summed E-state index contributed by atoms with van der Waals surface area (Å²) >= 11 is 0. The van der Waals surface area contributed by atoms with Crippen LogP contribution in [-0.4, -0.2) is 13.4 Å². The Labute approximate surface area is 489 Å². The van der Waals surface area contributed by atoms with Crippen molar-refractivity contribution >= 4 is 78.5 Å². The second-order valence-electron chi connectivity index (χ2n) is 26.6. The van der Waals surface area contributed by atoms with Gasteiger partial charge in [0.25, 0.3) is 13.4 Å². The van der Waals surface area contributed by atoms with Crippen LogP contribution in [0.1, 0.15) is 174 Å². The lowest BCUT2D eigenvalue weighted by Crippen LogP contribution is -2.58. The van der Waals surface area contributed by atoms with Crippen molar-refractivity contribution in [3.8, 4) is 67.5 Å². The SMILES string of the molecule is Cc1ccc2c(c1)Oc1cc(C)cc3c1B2c1cc2c(-c4c(C(C)C)cc(C(C)C)cc4C(C)C)cc4c5c(cc6c(-c7c(C(C)C)cc(C(C)C)cc7C(C)C)cc-3c1c6c25)B1c2ccc(C(F)(F)F)cc2Oc2cc(C(F)(F)F)cc-4c21. The number of alkyl halides is 6. The lowest BCUT2D eigenvalue weighted by Gasteiger charge is -2.38. The average molecular weight is 1120 g/mol. The van der Waals surface area contributed by atoms with Gasteiger partial charge in [-0.15, -0.1) is 0 Å². The van der Waals surface area contributed by atoms with Gasteiger partial charge in [0.1, 0.15) is 23.0 Å². The summed E-state index contributed by atoms with van der Waals surface area (Å²) in [5, 5.41) is 5.79. The lowest BCUT2D eigenvalue weighted by atomic mass is 9.31. The molecule has 0 radical (unpaired) electrons. The van der Waals surface area contributed by atoms with Crippen molar-refractivity contribution in [3.63, 3.8) is 0 Å². The zero-order valence-corrected chi connectivity index (χ0v) is 50.1. The summed E-state index contributed by atoms with van der Waals surface area (Å²) in [6.07, 6.45) is -9.56. The van der Waals surface area contributed by atoms with E-state index in [-0.39, 0.29) is 53.7 Å². The smallest absolute Gasteiger partial charge is 0.416 e. The largest absolute Gasteiger partial charge is 0.458 e. The van der Waals surface area contributed by atoms with Gasteiger partial charge < -0.3 is 9.47 Å². The highest BCUT2D eigenvalue weighted by atomic mass is 19.4. The number of halogens is 6. The van der Waals surface area contributed by atoms with E-state index in [2.05, 4.69) is 176 Å². The third kappa shape index (κ3) is 7.86. The Hall–Kier alpha value is -7.45. The monoisotopic (exact) mass is 1120 g/mol. The quantitative estimate of drug-likeness (QED) is 0.0858. The molecule has 0 fully saturated rings. The zero-order valence-electron chi connectivity index (χ0n) is 50.1. The fourth-order valence-corrected chi connectivity index (χ4v) is 15.1. The van der Waals surface area contributed by atoms with Crippen LogP contribution in [-0.2, 0) is 12.4 Å². The minimum Gasteiger partial charge on any atom is -0.458 e. The molecule has 14 rings (SSSR count).